The first-order chi connectivity index (χ1) is 15.8. The molecule has 33 heavy (non-hydrogen) atoms. The first-order valence-corrected chi connectivity index (χ1v) is 13.8. The molecule has 0 saturated carbocycles. The lowest BCUT2D eigenvalue weighted by Gasteiger charge is -2.18. The number of hydrogen-bond acceptors (Lipinski definition) is 5. The first-order valence-electron chi connectivity index (χ1n) is 11.0. The number of rotatable bonds is 9. The number of hydrogen-bond donors (Lipinski definition) is 0. The van der Waals surface area contributed by atoms with Gasteiger partial charge in [-0.25, -0.2) is 17.8 Å². The fraction of sp³-hybridized carbons (Fsp3) is 0.435. The van der Waals surface area contributed by atoms with Crippen LogP contribution in [0.15, 0.2) is 46.5 Å². The lowest BCUT2D eigenvalue weighted by molar-refractivity contribution is 0.0960. The second kappa shape index (κ2) is 10.3. The summed E-state index contributed by atoms with van der Waals surface area (Å²) in [7, 11) is -3.60. The molecule has 0 N–H and O–H groups in total. The molecule has 6 nitrogen and oxygen atoms in total. The lowest BCUT2D eigenvalue weighted by Crippen LogP contribution is -2.30. The van der Waals surface area contributed by atoms with Gasteiger partial charge in [-0.3, -0.25) is 0 Å². The number of benzene rings is 2. The average molecular weight is 512 g/mol. The highest BCUT2D eigenvalue weighted by atomic mass is 35.5. The first kappa shape index (κ1) is 24.5. The van der Waals surface area contributed by atoms with Crippen molar-refractivity contribution in [3.05, 3.63) is 52.8 Å². The highest BCUT2D eigenvalue weighted by Crippen LogP contribution is 2.32. The second-order valence-electron chi connectivity index (χ2n) is 7.87. The van der Waals surface area contributed by atoms with E-state index in [1.54, 1.807) is 30.3 Å². The minimum absolute atomic E-state index is 0.0675. The van der Waals surface area contributed by atoms with Gasteiger partial charge in [0.25, 0.3) is 0 Å². The highest BCUT2D eigenvalue weighted by Gasteiger charge is 2.25. The molecule has 1 aliphatic heterocycles. The molecular weight excluding hydrogens is 485 g/mol. The molecule has 1 aromatic heterocycles. The van der Waals surface area contributed by atoms with Gasteiger partial charge in [-0.1, -0.05) is 43.3 Å². The highest BCUT2D eigenvalue weighted by molar-refractivity contribution is 7.98. The molecule has 3 aromatic rings. The Morgan fingerprint density at radius 3 is 2.73 bits per heavy atom. The van der Waals surface area contributed by atoms with Gasteiger partial charge in [0.1, 0.15) is 5.82 Å². The van der Waals surface area contributed by atoms with Crippen LogP contribution in [0, 0.1) is 5.82 Å². The predicted octanol–water partition coefficient (Wildman–Crippen LogP) is 5.33. The topological polar surface area (TPSA) is 64.4 Å². The third kappa shape index (κ3) is 5.07. The summed E-state index contributed by atoms with van der Waals surface area (Å²) in [6.07, 6.45) is 2.03. The summed E-state index contributed by atoms with van der Waals surface area (Å²) in [6, 6.07) is 9.69. The van der Waals surface area contributed by atoms with Crippen LogP contribution in [0.1, 0.15) is 32.3 Å². The van der Waals surface area contributed by atoms with Crippen molar-refractivity contribution in [2.75, 3.05) is 19.7 Å². The summed E-state index contributed by atoms with van der Waals surface area (Å²) < 4.78 is 49.6. The standard InChI is InChI=1S/C23H27ClFN3O3S2/c1-3-27(4-2)33(29,30)17-10-11-22-21(13-17)26-23(28(22)14-16-7-6-12-31-16)32-15-18-19(24)8-5-9-20(18)25/h5,8-11,13,16H,3-4,6-7,12,14-15H2,1-2H3. The molecule has 1 atom stereocenters. The number of halogens is 2. The van der Waals surface area contributed by atoms with Crippen molar-refractivity contribution in [1.29, 1.82) is 0 Å². The van der Waals surface area contributed by atoms with E-state index in [4.69, 9.17) is 21.3 Å². The molecule has 1 unspecified atom stereocenters. The molecule has 4 rings (SSSR count). The summed E-state index contributed by atoms with van der Waals surface area (Å²) >= 11 is 7.59. The third-order valence-corrected chi connectivity index (χ3v) is 9.25. The van der Waals surface area contributed by atoms with Crippen LogP contribution in [-0.4, -0.2) is 48.1 Å². The maximum absolute atomic E-state index is 14.3. The van der Waals surface area contributed by atoms with Crippen molar-refractivity contribution in [1.82, 2.24) is 13.9 Å². The second-order valence-corrected chi connectivity index (χ2v) is 11.2. The predicted molar refractivity (Wildman–Crippen MR) is 130 cm³/mol. The molecule has 0 spiro atoms. The van der Waals surface area contributed by atoms with Gasteiger partial charge in [-0.05, 0) is 43.2 Å². The van der Waals surface area contributed by atoms with Crippen LogP contribution in [0.25, 0.3) is 11.0 Å². The number of aromatic nitrogens is 2. The normalized spacial score (nSPS) is 16.8. The van der Waals surface area contributed by atoms with E-state index in [0.717, 1.165) is 25.0 Å². The van der Waals surface area contributed by atoms with E-state index in [-0.39, 0.29) is 16.8 Å². The van der Waals surface area contributed by atoms with E-state index in [1.807, 2.05) is 18.4 Å². The van der Waals surface area contributed by atoms with Crippen LogP contribution in [0.5, 0.6) is 0 Å². The van der Waals surface area contributed by atoms with Crippen LogP contribution in [0.4, 0.5) is 4.39 Å². The maximum atomic E-state index is 14.3. The minimum atomic E-state index is -3.60. The van der Waals surface area contributed by atoms with Crippen molar-refractivity contribution < 1.29 is 17.5 Å². The van der Waals surface area contributed by atoms with Crippen molar-refractivity contribution >= 4 is 44.4 Å². The average Bonchev–Trinajstić information content (AvgIpc) is 3.42. The monoisotopic (exact) mass is 511 g/mol. The summed E-state index contributed by atoms with van der Waals surface area (Å²) in [5.41, 5.74) is 1.83. The minimum Gasteiger partial charge on any atom is -0.376 e. The maximum Gasteiger partial charge on any atom is 0.243 e. The van der Waals surface area contributed by atoms with Gasteiger partial charge in [-0.2, -0.15) is 4.31 Å². The molecule has 1 saturated heterocycles. The smallest absolute Gasteiger partial charge is 0.243 e. The molecule has 0 amide bonds. The Labute approximate surface area is 203 Å². The Balaban J connectivity index is 1.72. The van der Waals surface area contributed by atoms with E-state index in [1.165, 1.54) is 22.1 Å². The molecule has 1 aliphatic rings. The Morgan fingerprint density at radius 2 is 2.06 bits per heavy atom. The lowest BCUT2D eigenvalue weighted by atomic mass is 10.2. The zero-order valence-corrected chi connectivity index (χ0v) is 21.0. The molecule has 0 radical (unpaired) electrons. The van der Waals surface area contributed by atoms with Crippen molar-refractivity contribution in [3.8, 4) is 0 Å². The van der Waals surface area contributed by atoms with Gasteiger partial charge < -0.3 is 9.30 Å². The zero-order chi connectivity index (χ0) is 23.6. The Hall–Kier alpha value is -1.65. The number of fused-ring (bicyclic) bond motifs is 1. The Morgan fingerprint density at radius 1 is 1.27 bits per heavy atom. The summed E-state index contributed by atoms with van der Waals surface area (Å²) in [4.78, 5) is 4.95. The summed E-state index contributed by atoms with van der Waals surface area (Å²) in [5, 5.41) is 1.05. The molecule has 2 heterocycles. The van der Waals surface area contributed by atoms with E-state index in [9.17, 15) is 12.8 Å². The van der Waals surface area contributed by atoms with Crippen molar-refractivity contribution in [2.45, 2.75) is 55.1 Å². The molecular formula is C23H27ClFN3O3S2. The van der Waals surface area contributed by atoms with E-state index in [0.29, 0.717) is 46.6 Å². The molecule has 2 aromatic carbocycles. The largest absolute Gasteiger partial charge is 0.376 e. The number of ether oxygens (including phenoxy) is 1. The fourth-order valence-corrected chi connectivity index (χ4v) is 6.89. The number of imidazole rings is 1. The molecule has 0 aliphatic carbocycles. The molecule has 1 fully saturated rings. The molecule has 0 bridgehead atoms. The quantitative estimate of drug-likeness (QED) is 0.363. The van der Waals surface area contributed by atoms with Crippen LogP contribution < -0.4 is 0 Å². The van der Waals surface area contributed by atoms with Crippen LogP contribution in [0.2, 0.25) is 5.02 Å². The number of thioether (sulfide) groups is 1. The van der Waals surface area contributed by atoms with E-state index < -0.39 is 10.0 Å². The Bertz CT molecular complexity index is 1220. The molecule has 178 valence electrons. The van der Waals surface area contributed by atoms with Gasteiger partial charge >= 0.3 is 0 Å². The third-order valence-electron chi connectivity index (χ3n) is 5.85. The van der Waals surface area contributed by atoms with Crippen molar-refractivity contribution in [2.24, 2.45) is 0 Å². The fourth-order valence-electron chi connectivity index (χ4n) is 4.05. The van der Waals surface area contributed by atoms with E-state index in [2.05, 4.69) is 0 Å². The van der Waals surface area contributed by atoms with Gasteiger partial charge in [-0.15, -0.1) is 0 Å². The summed E-state index contributed by atoms with van der Waals surface area (Å²) in [5.74, 6) is -0.0466. The number of sulfonamides is 1. The van der Waals surface area contributed by atoms with Gasteiger partial charge in [0, 0.05) is 36.0 Å². The van der Waals surface area contributed by atoms with Crippen LogP contribution >= 0.6 is 23.4 Å². The van der Waals surface area contributed by atoms with Crippen LogP contribution in [-0.2, 0) is 27.1 Å². The van der Waals surface area contributed by atoms with Gasteiger partial charge in [0.15, 0.2) is 5.16 Å². The zero-order valence-electron chi connectivity index (χ0n) is 18.6. The van der Waals surface area contributed by atoms with Gasteiger partial charge in [0.05, 0.1) is 28.6 Å². The number of nitrogens with zero attached hydrogens (tertiary/aromatic N) is 3. The van der Waals surface area contributed by atoms with Gasteiger partial charge in [0.2, 0.25) is 10.0 Å². The van der Waals surface area contributed by atoms with Crippen LogP contribution in [0.3, 0.4) is 0 Å². The molecule has 10 heteroatoms. The SMILES string of the molecule is CCN(CC)S(=O)(=O)c1ccc2c(c1)nc(SCc1c(F)cccc1Cl)n2CC1CCCO1. The van der Waals surface area contributed by atoms with Crippen molar-refractivity contribution in [3.63, 3.8) is 0 Å². The summed E-state index contributed by atoms with van der Waals surface area (Å²) in [6.45, 7) is 5.77. The Kier molecular flexibility index (Phi) is 7.65. The van der Waals surface area contributed by atoms with E-state index >= 15 is 0 Å².